The van der Waals surface area contributed by atoms with E-state index in [2.05, 4.69) is 28.9 Å². The first-order valence-electron chi connectivity index (χ1n) is 7.71. The molecule has 124 valence electrons. The molecule has 2 aromatic carbocycles. The zero-order valence-electron chi connectivity index (χ0n) is 13.5. The lowest BCUT2D eigenvalue weighted by Gasteiger charge is -2.07. The number of hydrogen-bond acceptors (Lipinski definition) is 3. The molecular formula is C19H19NO2S2. The maximum atomic E-state index is 12.1. The standard InChI is InChI=1S/C19H19NO2S2/c1-24(22)13-15-4-2-14(3-5-15)12-20-19(21)11-16-6-7-18-17(10-16)8-9-23-18/h2-10H,11-13H2,1H3,(H,20,21). The SMILES string of the molecule is CS(=O)Cc1ccc(CNC(=O)Cc2ccc3sccc3c2)cc1. The number of amides is 1. The Hall–Kier alpha value is -1.98. The lowest BCUT2D eigenvalue weighted by atomic mass is 10.1. The number of rotatable bonds is 6. The summed E-state index contributed by atoms with van der Waals surface area (Å²) in [6.45, 7) is 0.509. The number of nitrogens with one attached hydrogen (secondary N) is 1. The Bertz CT molecular complexity index is 868. The minimum Gasteiger partial charge on any atom is -0.352 e. The highest BCUT2D eigenvalue weighted by molar-refractivity contribution is 7.83. The Morgan fingerprint density at radius 2 is 1.75 bits per heavy atom. The van der Waals surface area contributed by atoms with E-state index in [0.29, 0.717) is 18.7 Å². The van der Waals surface area contributed by atoms with Crippen molar-refractivity contribution in [3.05, 3.63) is 70.6 Å². The van der Waals surface area contributed by atoms with Crippen LogP contribution in [0.5, 0.6) is 0 Å². The maximum absolute atomic E-state index is 12.1. The van der Waals surface area contributed by atoms with E-state index in [4.69, 9.17) is 0 Å². The van der Waals surface area contributed by atoms with Gasteiger partial charge in [-0.1, -0.05) is 30.3 Å². The van der Waals surface area contributed by atoms with Crippen LogP contribution < -0.4 is 5.32 Å². The lowest BCUT2D eigenvalue weighted by Crippen LogP contribution is -2.24. The molecule has 0 radical (unpaired) electrons. The van der Waals surface area contributed by atoms with Gasteiger partial charge in [-0.2, -0.15) is 0 Å². The van der Waals surface area contributed by atoms with Gasteiger partial charge >= 0.3 is 0 Å². The predicted molar refractivity (Wildman–Crippen MR) is 102 cm³/mol. The molecule has 0 aliphatic carbocycles. The molecule has 1 atom stereocenters. The summed E-state index contributed by atoms with van der Waals surface area (Å²) < 4.78 is 12.4. The van der Waals surface area contributed by atoms with E-state index < -0.39 is 10.8 Å². The highest BCUT2D eigenvalue weighted by atomic mass is 32.2. The Morgan fingerprint density at radius 3 is 2.50 bits per heavy atom. The van der Waals surface area contributed by atoms with Crippen molar-refractivity contribution in [3.63, 3.8) is 0 Å². The lowest BCUT2D eigenvalue weighted by molar-refractivity contribution is -0.120. The van der Waals surface area contributed by atoms with Crippen LogP contribution in [0.3, 0.4) is 0 Å². The number of thiophene rings is 1. The van der Waals surface area contributed by atoms with Gasteiger partial charge in [0.15, 0.2) is 0 Å². The zero-order chi connectivity index (χ0) is 16.9. The molecule has 1 heterocycles. The van der Waals surface area contributed by atoms with Gasteiger partial charge in [-0.3, -0.25) is 9.00 Å². The van der Waals surface area contributed by atoms with Gasteiger partial charge in [-0.05, 0) is 45.7 Å². The van der Waals surface area contributed by atoms with E-state index in [0.717, 1.165) is 16.7 Å². The molecule has 3 aromatic rings. The van der Waals surface area contributed by atoms with Crippen LogP contribution in [0, 0.1) is 0 Å². The maximum Gasteiger partial charge on any atom is 0.224 e. The summed E-state index contributed by atoms with van der Waals surface area (Å²) in [7, 11) is -0.833. The summed E-state index contributed by atoms with van der Waals surface area (Å²) in [6.07, 6.45) is 2.08. The van der Waals surface area contributed by atoms with Crippen molar-refractivity contribution in [2.75, 3.05) is 6.26 Å². The van der Waals surface area contributed by atoms with Gasteiger partial charge in [-0.15, -0.1) is 11.3 Å². The number of carbonyl (C=O) groups is 1. The molecule has 1 amide bonds. The van der Waals surface area contributed by atoms with Gasteiger partial charge in [0, 0.05) is 34.1 Å². The second-order valence-electron chi connectivity index (χ2n) is 5.78. The van der Waals surface area contributed by atoms with Crippen molar-refractivity contribution in [2.45, 2.75) is 18.7 Å². The van der Waals surface area contributed by atoms with Crippen LogP contribution in [-0.2, 0) is 34.3 Å². The molecule has 1 N–H and O–H groups in total. The summed E-state index contributed by atoms with van der Waals surface area (Å²) in [4.78, 5) is 12.1. The zero-order valence-corrected chi connectivity index (χ0v) is 15.1. The largest absolute Gasteiger partial charge is 0.352 e. The van der Waals surface area contributed by atoms with E-state index in [1.165, 1.54) is 10.1 Å². The third kappa shape index (κ3) is 4.52. The summed E-state index contributed by atoms with van der Waals surface area (Å²) in [6, 6.07) is 16.1. The van der Waals surface area contributed by atoms with E-state index in [1.807, 2.05) is 30.3 Å². The summed E-state index contributed by atoms with van der Waals surface area (Å²) in [5, 5.41) is 6.20. The van der Waals surface area contributed by atoms with Crippen molar-refractivity contribution >= 4 is 38.1 Å². The molecule has 0 bridgehead atoms. The van der Waals surface area contributed by atoms with Crippen LogP contribution in [0.1, 0.15) is 16.7 Å². The van der Waals surface area contributed by atoms with Gasteiger partial charge in [0.25, 0.3) is 0 Å². The van der Waals surface area contributed by atoms with Crippen LogP contribution >= 0.6 is 11.3 Å². The van der Waals surface area contributed by atoms with Crippen LogP contribution in [0.25, 0.3) is 10.1 Å². The average Bonchev–Trinajstić information content (AvgIpc) is 3.01. The van der Waals surface area contributed by atoms with E-state index in [9.17, 15) is 9.00 Å². The number of fused-ring (bicyclic) bond motifs is 1. The molecule has 3 rings (SSSR count). The molecule has 0 fully saturated rings. The van der Waals surface area contributed by atoms with E-state index >= 15 is 0 Å². The first kappa shape index (κ1) is 16.9. The molecule has 0 saturated heterocycles. The van der Waals surface area contributed by atoms with Crippen molar-refractivity contribution in [1.29, 1.82) is 0 Å². The normalized spacial score (nSPS) is 12.2. The third-order valence-electron chi connectivity index (χ3n) is 3.76. The number of hydrogen-bond donors (Lipinski definition) is 1. The van der Waals surface area contributed by atoms with Crippen LogP contribution in [0.2, 0.25) is 0 Å². The molecule has 0 spiro atoms. The molecular weight excluding hydrogens is 338 g/mol. The van der Waals surface area contributed by atoms with Crippen LogP contribution in [0.15, 0.2) is 53.9 Å². The van der Waals surface area contributed by atoms with Crippen molar-refractivity contribution in [2.24, 2.45) is 0 Å². The fraction of sp³-hybridized carbons (Fsp3) is 0.211. The third-order valence-corrected chi connectivity index (χ3v) is 5.40. The van der Waals surface area contributed by atoms with Gasteiger partial charge in [0.1, 0.15) is 0 Å². The number of carbonyl (C=O) groups excluding carboxylic acids is 1. The van der Waals surface area contributed by atoms with E-state index in [1.54, 1.807) is 17.6 Å². The summed E-state index contributed by atoms with van der Waals surface area (Å²) >= 11 is 1.71. The van der Waals surface area contributed by atoms with Gasteiger partial charge in [0.05, 0.1) is 6.42 Å². The number of benzene rings is 2. The second-order valence-corrected chi connectivity index (χ2v) is 8.16. The fourth-order valence-corrected chi connectivity index (χ4v) is 4.00. The quantitative estimate of drug-likeness (QED) is 0.732. The Labute approximate surface area is 148 Å². The molecule has 0 saturated carbocycles. The Morgan fingerprint density at radius 1 is 1.04 bits per heavy atom. The molecule has 5 heteroatoms. The predicted octanol–water partition coefficient (Wildman–Crippen LogP) is 3.64. The van der Waals surface area contributed by atoms with Gasteiger partial charge in [0.2, 0.25) is 5.91 Å². The molecule has 0 aliphatic heterocycles. The summed E-state index contributed by atoms with van der Waals surface area (Å²) in [5.74, 6) is 0.584. The smallest absolute Gasteiger partial charge is 0.224 e. The van der Waals surface area contributed by atoms with Crippen molar-refractivity contribution in [3.8, 4) is 0 Å². The Balaban J connectivity index is 1.54. The first-order chi connectivity index (χ1) is 11.6. The first-order valence-corrected chi connectivity index (χ1v) is 10.3. The van der Waals surface area contributed by atoms with Crippen molar-refractivity contribution < 1.29 is 9.00 Å². The monoisotopic (exact) mass is 357 g/mol. The van der Waals surface area contributed by atoms with Gasteiger partial charge in [-0.25, -0.2) is 0 Å². The molecule has 1 aromatic heterocycles. The molecule has 3 nitrogen and oxygen atoms in total. The highest BCUT2D eigenvalue weighted by Crippen LogP contribution is 2.21. The van der Waals surface area contributed by atoms with E-state index in [-0.39, 0.29) is 5.91 Å². The van der Waals surface area contributed by atoms with Crippen LogP contribution in [0.4, 0.5) is 0 Å². The Kier molecular flexibility index (Phi) is 5.43. The highest BCUT2D eigenvalue weighted by Gasteiger charge is 2.05. The minimum absolute atomic E-state index is 0.0170. The molecule has 0 aliphatic rings. The summed E-state index contributed by atoms with van der Waals surface area (Å²) in [5.41, 5.74) is 3.12. The second kappa shape index (κ2) is 7.73. The fourth-order valence-electron chi connectivity index (χ4n) is 2.56. The van der Waals surface area contributed by atoms with Gasteiger partial charge < -0.3 is 5.32 Å². The van der Waals surface area contributed by atoms with Crippen LogP contribution in [-0.4, -0.2) is 16.4 Å². The minimum atomic E-state index is -0.833. The molecule has 1 unspecified atom stereocenters. The average molecular weight is 358 g/mol. The topological polar surface area (TPSA) is 46.2 Å². The van der Waals surface area contributed by atoms with Crippen molar-refractivity contribution in [1.82, 2.24) is 5.32 Å². The molecule has 24 heavy (non-hydrogen) atoms.